The molecule has 0 bridgehead atoms. The fraction of sp³-hybridized carbons (Fsp3) is 0.273. The van der Waals surface area contributed by atoms with Crippen LogP contribution in [0.1, 0.15) is 19.2 Å². The van der Waals surface area contributed by atoms with Crippen LogP contribution in [-0.4, -0.2) is 15.1 Å². The van der Waals surface area contributed by atoms with E-state index in [9.17, 15) is 5.11 Å². The van der Waals surface area contributed by atoms with Crippen molar-refractivity contribution in [2.45, 2.75) is 19.8 Å². The van der Waals surface area contributed by atoms with Crippen molar-refractivity contribution >= 4 is 16.7 Å². The first-order valence-corrected chi connectivity index (χ1v) is 4.96. The van der Waals surface area contributed by atoms with Crippen LogP contribution in [-0.2, 0) is 6.42 Å². The summed E-state index contributed by atoms with van der Waals surface area (Å²) >= 11 is 0. The van der Waals surface area contributed by atoms with E-state index < -0.39 is 0 Å². The predicted molar refractivity (Wildman–Crippen MR) is 59.6 cm³/mol. The van der Waals surface area contributed by atoms with Gasteiger partial charge < -0.3 is 10.8 Å². The Bertz CT molecular complexity index is 496. The lowest BCUT2D eigenvalue weighted by atomic mass is 10.2. The van der Waals surface area contributed by atoms with E-state index in [4.69, 9.17) is 5.73 Å². The van der Waals surface area contributed by atoms with Crippen molar-refractivity contribution < 1.29 is 5.11 Å². The third kappa shape index (κ3) is 1.83. The molecule has 2 rings (SSSR count). The molecule has 0 saturated carbocycles. The Morgan fingerprint density at radius 3 is 2.87 bits per heavy atom. The van der Waals surface area contributed by atoms with Gasteiger partial charge in [0.05, 0.1) is 5.52 Å². The first-order valence-electron chi connectivity index (χ1n) is 4.96. The third-order valence-corrected chi connectivity index (χ3v) is 2.23. The van der Waals surface area contributed by atoms with Gasteiger partial charge in [0.25, 0.3) is 0 Å². The molecule has 0 aliphatic rings. The average molecular weight is 203 g/mol. The lowest BCUT2D eigenvalue weighted by Gasteiger charge is -2.04. The highest BCUT2D eigenvalue weighted by molar-refractivity contribution is 5.89. The summed E-state index contributed by atoms with van der Waals surface area (Å²) < 4.78 is 0. The Hall–Kier alpha value is -1.84. The van der Waals surface area contributed by atoms with Crippen LogP contribution in [0.15, 0.2) is 18.2 Å². The number of aryl methyl sites for hydroxylation is 1. The molecule has 0 fully saturated rings. The van der Waals surface area contributed by atoms with Crippen molar-refractivity contribution in [2.75, 3.05) is 5.73 Å². The normalized spacial score (nSPS) is 10.7. The maximum atomic E-state index is 9.32. The van der Waals surface area contributed by atoms with Gasteiger partial charge in [-0.25, -0.2) is 9.97 Å². The van der Waals surface area contributed by atoms with Crippen molar-refractivity contribution in [3.8, 4) is 5.75 Å². The largest absolute Gasteiger partial charge is 0.508 e. The van der Waals surface area contributed by atoms with Gasteiger partial charge in [-0.1, -0.05) is 6.92 Å². The summed E-state index contributed by atoms with van der Waals surface area (Å²) in [6.45, 7) is 2.07. The zero-order valence-electron chi connectivity index (χ0n) is 8.57. The van der Waals surface area contributed by atoms with Crippen molar-refractivity contribution in [3.63, 3.8) is 0 Å². The molecule has 1 aromatic carbocycles. The molecule has 0 amide bonds. The van der Waals surface area contributed by atoms with E-state index in [0.29, 0.717) is 11.2 Å². The van der Waals surface area contributed by atoms with Crippen LogP contribution in [0.25, 0.3) is 10.9 Å². The minimum Gasteiger partial charge on any atom is -0.508 e. The van der Waals surface area contributed by atoms with E-state index in [1.54, 1.807) is 18.2 Å². The smallest absolute Gasteiger partial charge is 0.135 e. The zero-order valence-corrected chi connectivity index (χ0v) is 8.57. The van der Waals surface area contributed by atoms with Crippen LogP contribution in [0.4, 0.5) is 5.82 Å². The monoisotopic (exact) mass is 203 g/mol. The summed E-state index contributed by atoms with van der Waals surface area (Å²) in [7, 11) is 0. The molecule has 0 aliphatic carbocycles. The fourth-order valence-electron chi connectivity index (χ4n) is 1.53. The summed E-state index contributed by atoms with van der Waals surface area (Å²) in [5, 5.41) is 10.0. The number of nitrogens with zero attached hydrogens (tertiary/aromatic N) is 2. The number of nitrogen functional groups attached to an aromatic ring is 1. The molecular formula is C11H13N3O. The molecule has 4 heteroatoms. The molecule has 4 nitrogen and oxygen atoms in total. The maximum Gasteiger partial charge on any atom is 0.135 e. The lowest BCUT2D eigenvalue weighted by molar-refractivity contribution is 0.476. The van der Waals surface area contributed by atoms with Crippen LogP contribution >= 0.6 is 0 Å². The number of nitrogens with two attached hydrogens (primary N) is 1. The highest BCUT2D eigenvalue weighted by atomic mass is 16.3. The summed E-state index contributed by atoms with van der Waals surface area (Å²) in [5.74, 6) is 1.37. The van der Waals surface area contributed by atoms with E-state index in [2.05, 4.69) is 16.9 Å². The van der Waals surface area contributed by atoms with E-state index in [1.165, 1.54) is 0 Å². The Morgan fingerprint density at radius 2 is 2.13 bits per heavy atom. The molecule has 0 radical (unpaired) electrons. The number of rotatable bonds is 2. The van der Waals surface area contributed by atoms with Gasteiger partial charge in [0.2, 0.25) is 0 Å². The zero-order chi connectivity index (χ0) is 10.8. The molecule has 15 heavy (non-hydrogen) atoms. The Morgan fingerprint density at radius 1 is 1.33 bits per heavy atom. The van der Waals surface area contributed by atoms with Crippen molar-refractivity contribution in [1.29, 1.82) is 0 Å². The number of anilines is 1. The number of aromatic hydroxyl groups is 1. The lowest BCUT2D eigenvalue weighted by Crippen LogP contribution is -2.00. The van der Waals surface area contributed by atoms with Gasteiger partial charge in [-0.15, -0.1) is 0 Å². The van der Waals surface area contributed by atoms with Crippen LogP contribution in [0, 0.1) is 0 Å². The van der Waals surface area contributed by atoms with Gasteiger partial charge in [0, 0.05) is 11.8 Å². The summed E-state index contributed by atoms with van der Waals surface area (Å²) in [5.41, 5.74) is 6.58. The number of phenols is 1. The molecule has 2 aromatic rings. The minimum atomic E-state index is 0.182. The van der Waals surface area contributed by atoms with Gasteiger partial charge in [0.15, 0.2) is 0 Å². The SMILES string of the molecule is CCCc1nc(N)c2cc(O)ccc2n1. The summed E-state index contributed by atoms with van der Waals surface area (Å²) in [4.78, 5) is 8.55. The number of aromatic nitrogens is 2. The van der Waals surface area contributed by atoms with Gasteiger partial charge in [-0.3, -0.25) is 0 Å². The molecule has 1 aromatic heterocycles. The second kappa shape index (κ2) is 3.73. The molecule has 78 valence electrons. The molecule has 0 saturated heterocycles. The van der Waals surface area contributed by atoms with Gasteiger partial charge in [-0.2, -0.15) is 0 Å². The third-order valence-electron chi connectivity index (χ3n) is 2.23. The van der Waals surface area contributed by atoms with Gasteiger partial charge in [-0.05, 0) is 24.6 Å². The molecule has 0 spiro atoms. The molecule has 0 aliphatic heterocycles. The van der Waals surface area contributed by atoms with Crippen LogP contribution < -0.4 is 5.73 Å². The predicted octanol–water partition coefficient (Wildman–Crippen LogP) is 1.87. The van der Waals surface area contributed by atoms with Gasteiger partial charge in [0.1, 0.15) is 17.4 Å². The first-order chi connectivity index (χ1) is 7.20. The van der Waals surface area contributed by atoms with Crippen molar-refractivity contribution in [2.24, 2.45) is 0 Å². The standard InChI is InChI=1S/C11H13N3O/c1-2-3-10-13-9-5-4-7(15)6-8(9)11(12)14-10/h4-6,15H,2-3H2,1H3,(H2,12,13,14). The van der Waals surface area contributed by atoms with E-state index in [0.717, 1.165) is 24.2 Å². The Labute approximate surface area is 87.8 Å². The van der Waals surface area contributed by atoms with E-state index >= 15 is 0 Å². The highest BCUT2D eigenvalue weighted by Gasteiger charge is 2.05. The van der Waals surface area contributed by atoms with E-state index in [1.807, 2.05) is 0 Å². The molecule has 1 heterocycles. The second-order valence-electron chi connectivity index (χ2n) is 3.48. The summed E-state index contributed by atoms with van der Waals surface area (Å²) in [6, 6.07) is 4.94. The second-order valence-corrected chi connectivity index (χ2v) is 3.48. The van der Waals surface area contributed by atoms with Crippen LogP contribution in [0.3, 0.4) is 0 Å². The number of benzene rings is 1. The highest BCUT2D eigenvalue weighted by Crippen LogP contribution is 2.22. The quantitative estimate of drug-likeness (QED) is 0.781. The molecular weight excluding hydrogens is 190 g/mol. The molecule has 0 unspecified atom stereocenters. The van der Waals surface area contributed by atoms with Gasteiger partial charge >= 0.3 is 0 Å². The average Bonchev–Trinajstić information content (AvgIpc) is 2.20. The number of hydrogen-bond donors (Lipinski definition) is 2. The van der Waals surface area contributed by atoms with E-state index in [-0.39, 0.29) is 5.75 Å². The Balaban J connectivity index is 2.62. The van der Waals surface area contributed by atoms with Crippen molar-refractivity contribution in [1.82, 2.24) is 9.97 Å². The Kier molecular flexibility index (Phi) is 2.41. The molecule has 3 N–H and O–H groups in total. The number of hydrogen-bond acceptors (Lipinski definition) is 4. The first kappa shape index (κ1) is 9.71. The number of fused-ring (bicyclic) bond motifs is 1. The minimum absolute atomic E-state index is 0.182. The maximum absolute atomic E-state index is 9.32. The topological polar surface area (TPSA) is 72.0 Å². The van der Waals surface area contributed by atoms with Crippen molar-refractivity contribution in [3.05, 3.63) is 24.0 Å². The summed E-state index contributed by atoms with van der Waals surface area (Å²) in [6.07, 6.45) is 1.81. The van der Waals surface area contributed by atoms with Crippen LogP contribution in [0.5, 0.6) is 5.75 Å². The fourth-order valence-corrected chi connectivity index (χ4v) is 1.53. The number of phenolic OH excluding ortho intramolecular Hbond substituents is 1. The van der Waals surface area contributed by atoms with Crippen LogP contribution in [0.2, 0.25) is 0 Å². The molecule has 0 atom stereocenters.